The van der Waals surface area contributed by atoms with E-state index in [2.05, 4.69) is 5.32 Å². The maximum absolute atomic E-state index is 12.2. The normalized spacial score (nSPS) is 11.1. The molecule has 5 nitrogen and oxygen atoms in total. The van der Waals surface area contributed by atoms with Crippen molar-refractivity contribution >= 4 is 23.0 Å². The fourth-order valence-electron chi connectivity index (χ4n) is 2.06. The topological polar surface area (TPSA) is 79.5 Å². The lowest BCUT2D eigenvalue weighted by atomic mass is 10.1. The van der Waals surface area contributed by atoms with E-state index in [1.807, 2.05) is 0 Å². The highest BCUT2D eigenvalue weighted by Gasteiger charge is 2.04. The molecule has 2 rings (SSSR count). The fourth-order valence-corrected chi connectivity index (χ4v) is 2.06. The zero-order chi connectivity index (χ0) is 15.8. The summed E-state index contributed by atoms with van der Waals surface area (Å²) in [6, 6.07) is 6.99. The molecule has 0 radical (unpaired) electrons. The number of amides is 1. The predicted molar refractivity (Wildman–Crippen MR) is 85.5 cm³/mol. The Balaban J connectivity index is 1.97. The number of nitrogens with one attached hydrogen (secondary N) is 1. The average molecular weight is 301 g/mol. The van der Waals surface area contributed by atoms with Gasteiger partial charge in [0.2, 0.25) is 5.91 Å². The minimum Gasteiger partial charge on any atom is -0.463 e. The molecule has 0 spiro atoms. The van der Waals surface area contributed by atoms with Crippen LogP contribution in [0.2, 0.25) is 0 Å². The molecule has 1 heterocycles. The van der Waals surface area contributed by atoms with Crippen molar-refractivity contribution in [1.82, 2.24) is 5.32 Å². The van der Waals surface area contributed by atoms with Gasteiger partial charge in [-0.25, -0.2) is 0 Å². The molecule has 0 atom stereocenters. The maximum atomic E-state index is 12.2. The minimum atomic E-state index is -0.253. The Labute approximate surface area is 128 Å². The summed E-state index contributed by atoms with van der Waals surface area (Å²) in [5, 5.41) is 11.9. The zero-order valence-electron chi connectivity index (χ0n) is 12.2. The molecule has 0 saturated heterocycles. The molecule has 0 saturated carbocycles. The van der Waals surface area contributed by atoms with Gasteiger partial charge >= 0.3 is 0 Å². The molecule has 0 aliphatic carbocycles. The third-order valence-corrected chi connectivity index (χ3v) is 3.26. The van der Waals surface area contributed by atoms with Crippen molar-refractivity contribution in [2.45, 2.75) is 19.3 Å². The molecular weight excluding hydrogens is 282 g/mol. The number of unbranched alkanes of at least 4 members (excludes halogenated alkanes) is 2. The SMILES string of the molecule is O=C(/C=C/c1coc2ccccc2c1=O)NCCCCCO. The van der Waals surface area contributed by atoms with E-state index in [0.717, 1.165) is 19.3 Å². The van der Waals surface area contributed by atoms with Crippen LogP contribution in [0.15, 0.2) is 45.8 Å². The van der Waals surface area contributed by atoms with Gasteiger partial charge in [-0.05, 0) is 37.5 Å². The number of aliphatic hydroxyl groups excluding tert-OH is 1. The quantitative estimate of drug-likeness (QED) is 0.606. The summed E-state index contributed by atoms with van der Waals surface area (Å²) in [6.07, 6.45) is 6.57. The van der Waals surface area contributed by atoms with Crippen molar-refractivity contribution in [1.29, 1.82) is 0 Å². The van der Waals surface area contributed by atoms with Gasteiger partial charge in [0.15, 0.2) is 5.43 Å². The smallest absolute Gasteiger partial charge is 0.244 e. The summed E-state index contributed by atoms with van der Waals surface area (Å²) in [7, 11) is 0. The van der Waals surface area contributed by atoms with Gasteiger partial charge in [0, 0.05) is 19.2 Å². The van der Waals surface area contributed by atoms with E-state index in [1.54, 1.807) is 24.3 Å². The third-order valence-electron chi connectivity index (χ3n) is 3.26. The first kappa shape index (κ1) is 16.0. The maximum Gasteiger partial charge on any atom is 0.244 e. The third kappa shape index (κ3) is 4.30. The average Bonchev–Trinajstić information content (AvgIpc) is 2.54. The van der Waals surface area contributed by atoms with E-state index in [9.17, 15) is 9.59 Å². The lowest BCUT2D eigenvalue weighted by Gasteiger charge is -2.01. The Morgan fingerprint density at radius 1 is 1.23 bits per heavy atom. The molecule has 1 aromatic carbocycles. The highest BCUT2D eigenvalue weighted by atomic mass is 16.3. The number of carbonyl (C=O) groups is 1. The van der Waals surface area contributed by atoms with Crippen molar-refractivity contribution in [3.05, 3.63) is 52.4 Å². The second-order valence-electron chi connectivity index (χ2n) is 4.92. The molecule has 2 N–H and O–H groups in total. The van der Waals surface area contributed by atoms with E-state index in [1.165, 1.54) is 18.4 Å². The molecule has 5 heteroatoms. The predicted octanol–water partition coefficient (Wildman–Crippen LogP) is 2.09. The van der Waals surface area contributed by atoms with Crippen LogP contribution >= 0.6 is 0 Å². The molecule has 1 amide bonds. The molecule has 0 aliphatic rings. The van der Waals surface area contributed by atoms with E-state index in [0.29, 0.717) is 23.1 Å². The number of hydrogen-bond acceptors (Lipinski definition) is 4. The standard InChI is InChI=1S/C17H19NO4/c19-11-5-1-4-10-18-16(20)9-8-13-12-22-15-7-3-2-6-14(15)17(13)21/h2-3,6-9,12,19H,1,4-5,10-11H2,(H,18,20)/b9-8+. The molecular formula is C17H19NO4. The molecule has 0 unspecified atom stereocenters. The van der Waals surface area contributed by atoms with Gasteiger partial charge in [0.1, 0.15) is 11.8 Å². The molecule has 1 aromatic heterocycles. The first-order valence-electron chi connectivity index (χ1n) is 7.29. The van der Waals surface area contributed by atoms with Gasteiger partial charge < -0.3 is 14.8 Å². The number of para-hydroxylation sites is 1. The number of aliphatic hydroxyl groups is 1. The lowest BCUT2D eigenvalue weighted by molar-refractivity contribution is -0.116. The molecule has 0 fully saturated rings. The molecule has 22 heavy (non-hydrogen) atoms. The van der Waals surface area contributed by atoms with Gasteiger partial charge in [0.05, 0.1) is 10.9 Å². The van der Waals surface area contributed by atoms with Gasteiger partial charge in [-0.1, -0.05) is 12.1 Å². The van der Waals surface area contributed by atoms with Crippen molar-refractivity contribution in [3.8, 4) is 0 Å². The van der Waals surface area contributed by atoms with Crippen LogP contribution in [0.3, 0.4) is 0 Å². The van der Waals surface area contributed by atoms with Gasteiger partial charge in [-0.3, -0.25) is 9.59 Å². The Kier molecular flexibility index (Phi) is 5.91. The largest absolute Gasteiger partial charge is 0.463 e. The van der Waals surface area contributed by atoms with E-state index < -0.39 is 0 Å². The van der Waals surface area contributed by atoms with Crippen LogP contribution in [-0.4, -0.2) is 24.2 Å². The van der Waals surface area contributed by atoms with Crippen LogP contribution in [0.5, 0.6) is 0 Å². The monoisotopic (exact) mass is 301 g/mol. The van der Waals surface area contributed by atoms with Crippen LogP contribution in [0.1, 0.15) is 24.8 Å². The van der Waals surface area contributed by atoms with Crippen LogP contribution in [-0.2, 0) is 4.79 Å². The Hall–Kier alpha value is -2.40. The van der Waals surface area contributed by atoms with Gasteiger partial charge in [-0.15, -0.1) is 0 Å². The second-order valence-corrected chi connectivity index (χ2v) is 4.92. The van der Waals surface area contributed by atoms with Gasteiger partial charge in [-0.2, -0.15) is 0 Å². The van der Waals surface area contributed by atoms with E-state index >= 15 is 0 Å². The Morgan fingerprint density at radius 3 is 2.86 bits per heavy atom. The van der Waals surface area contributed by atoms with Crippen molar-refractivity contribution in [3.63, 3.8) is 0 Å². The minimum absolute atomic E-state index is 0.158. The first-order valence-corrected chi connectivity index (χ1v) is 7.29. The second kappa shape index (κ2) is 8.14. The Morgan fingerprint density at radius 2 is 2.05 bits per heavy atom. The highest BCUT2D eigenvalue weighted by molar-refractivity contribution is 5.92. The summed E-state index contributed by atoms with van der Waals surface area (Å²) >= 11 is 0. The molecule has 116 valence electrons. The summed E-state index contributed by atoms with van der Waals surface area (Å²) in [5.74, 6) is -0.253. The number of hydrogen-bond donors (Lipinski definition) is 2. The number of benzene rings is 1. The summed E-state index contributed by atoms with van der Waals surface area (Å²) in [5.41, 5.74) is 0.709. The van der Waals surface area contributed by atoms with E-state index in [4.69, 9.17) is 9.52 Å². The Bertz CT molecular complexity index is 718. The lowest BCUT2D eigenvalue weighted by Crippen LogP contribution is -2.22. The van der Waals surface area contributed by atoms with Crippen LogP contribution < -0.4 is 10.7 Å². The van der Waals surface area contributed by atoms with Crippen LogP contribution in [0.4, 0.5) is 0 Å². The van der Waals surface area contributed by atoms with Crippen molar-refractivity contribution in [2.24, 2.45) is 0 Å². The first-order chi connectivity index (χ1) is 10.7. The molecule has 0 bridgehead atoms. The van der Waals surface area contributed by atoms with Crippen molar-refractivity contribution in [2.75, 3.05) is 13.2 Å². The number of carbonyl (C=O) groups excluding carboxylic acids is 1. The fraction of sp³-hybridized carbons (Fsp3) is 0.294. The summed E-state index contributed by atoms with van der Waals surface area (Å²) in [6.45, 7) is 0.723. The summed E-state index contributed by atoms with van der Waals surface area (Å²) in [4.78, 5) is 23.9. The number of rotatable bonds is 7. The molecule has 2 aromatic rings. The highest BCUT2D eigenvalue weighted by Crippen LogP contribution is 2.11. The number of fused-ring (bicyclic) bond motifs is 1. The van der Waals surface area contributed by atoms with Crippen LogP contribution in [0, 0.1) is 0 Å². The summed E-state index contributed by atoms with van der Waals surface area (Å²) < 4.78 is 5.37. The van der Waals surface area contributed by atoms with Crippen molar-refractivity contribution < 1.29 is 14.3 Å². The molecule has 0 aliphatic heterocycles. The van der Waals surface area contributed by atoms with E-state index in [-0.39, 0.29) is 17.9 Å². The zero-order valence-corrected chi connectivity index (χ0v) is 12.2. The van der Waals surface area contributed by atoms with Crippen LogP contribution in [0.25, 0.3) is 17.0 Å². The van der Waals surface area contributed by atoms with Gasteiger partial charge in [0.25, 0.3) is 0 Å².